The predicted octanol–water partition coefficient (Wildman–Crippen LogP) is 4.29. The van der Waals surface area contributed by atoms with Crippen LogP contribution in [0, 0.1) is 0 Å². The first-order valence-electron chi connectivity index (χ1n) is 8.80. The molecule has 8 nitrogen and oxygen atoms in total. The Balaban J connectivity index is 5.74. The first-order valence-corrected chi connectivity index (χ1v) is 12.6. The molecule has 10 heteroatoms. The summed E-state index contributed by atoms with van der Waals surface area (Å²) in [6, 6.07) is -2.22. The SMILES string of the molecule is CCOC(OCC)[P@@](=O)(C[P@](=O)(OCC)C(OCC)OCC)OCC. The molecule has 152 valence electrons. The molecule has 0 aromatic rings. The van der Waals surface area contributed by atoms with Crippen molar-refractivity contribution >= 4 is 14.7 Å². The van der Waals surface area contributed by atoms with E-state index < -0.39 is 26.8 Å². The van der Waals surface area contributed by atoms with Crippen molar-refractivity contribution in [1.29, 1.82) is 0 Å². The summed E-state index contributed by atoms with van der Waals surface area (Å²) in [6.45, 7) is 11.9. The monoisotopic (exact) mass is 404 g/mol. The second-order valence-corrected chi connectivity index (χ2v) is 10.3. The minimum absolute atomic E-state index is 0.161. The van der Waals surface area contributed by atoms with Gasteiger partial charge in [-0.15, -0.1) is 0 Å². The summed E-state index contributed by atoms with van der Waals surface area (Å²) < 4.78 is 59.7. The lowest BCUT2D eigenvalue weighted by Gasteiger charge is -2.32. The van der Waals surface area contributed by atoms with Crippen LogP contribution in [0.5, 0.6) is 0 Å². The zero-order valence-corrected chi connectivity index (χ0v) is 18.1. The van der Waals surface area contributed by atoms with E-state index in [0.29, 0.717) is 0 Å². The van der Waals surface area contributed by atoms with E-state index in [-0.39, 0.29) is 45.5 Å². The highest BCUT2D eigenvalue weighted by atomic mass is 31.2. The van der Waals surface area contributed by atoms with Crippen LogP contribution >= 0.6 is 14.7 Å². The molecule has 2 atom stereocenters. The molecule has 25 heavy (non-hydrogen) atoms. The van der Waals surface area contributed by atoms with Gasteiger partial charge in [-0.2, -0.15) is 0 Å². The molecular weight excluding hydrogens is 370 g/mol. The lowest BCUT2D eigenvalue weighted by Crippen LogP contribution is -2.26. The Hall–Kier alpha value is 0.220. The van der Waals surface area contributed by atoms with Crippen LogP contribution in [0.3, 0.4) is 0 Å². The van der Waals surface area contributed by atoms with Crippen molar-refractivity contribution in [3.05, 3.63) is 0 Å². The molecule has 0 aromatic heterocycles. The van der Waals surface area contributed by atoms with E-state index in [4.69, 9.17) is 28.0 Å². The Labute approximate surface area is 151 Å². The topological polar surface area (TPSA) is 89.5 Å². The maximum atomic E-state index is 13.5. The van der Waals surface area contributed by atoms with E-state index in [0.717, 1.165) is 0 Å². The molecule has 0 unspecified atom stereocenters. The Morgan fingerprint density at radius 3 is 1.04 bits per heavy atom. The van der Waals surface area contributed by atoms with Gasteiger partial charge in [0.15, 0.2) is 0 Å². The molecule has 0 aromatic carbocycles. The van der Waals surface area contributed by atoms with Crippen LogP contribution in [0.25, 0.3) is 0 Å². The molecular formula is C15H34O8P2. The molecule has 0 aliphatic carbocycles. The fraction of sp³-hybridized carbons (Fsp3) is 1.00. The average molecular weight is 404 g/mol. The largest absolute Gasteiger partial charge is 0.345 e. The Morgan fingerprint density at radius 2 is 0.840 bits per heavy atom. The third kappa shape index (κ3) is 8.19. The Bertz CT molecular complexity index is 382. The van der Waals surface area contributed by atoms with Gasteiger partial charge in [-0.25, -0.2) is 0 Å². The van der Waals surface area contributed by atoms with Gasteiger partial charge >= 0.3 is 0 Å². The fourth-order valence-electron chi connectivity index (χ4n) is 2.17. The molecule has 0 spiro atoms. The van der Waals surface area contributed by atoms with Crippen molar-refractivity contribution in [1.82, 2.24) is 0 Å². The quantitative estimate of drug-likeness (QED) is 0.278. The van der Waals surface area contributed by atoms with Crippen LogP contribution < -0.4 is 0 Å². The van der Waals surface area contributed by atoms with Gasteiger partial charge in [0.1, 0.15) is 5.90 Å². The predicted molar refractivity (Wildman–Crippen MR) is 97.4 cm³/mol. The van der Waals surface area contributed by atoms with E-state index in [1.165, 1.54) is 0 Å². The van der Waals surface area contributed by atoms with Crippen molar-refractivity contribution in [3.8, 4) is 0 Å². The molecule has 0 fully saturated rings. The molecule has 0 radical (unpaired) electrons. The van der Waals surface area contributed by atoms with Gasteiger partial charge in [0, 0.05) is 26.4 Å². The zero-order valence-electron chi connectivity index (χ0n) is 16.3. The van der Waals surface area contributed by atoms with Crippen LogP contribution in [0.1, 0.15) is 41.5 Å². The summed E-state index contributed by atoms with van der Waals surface area (Å²) in [5.74, 6) is -0.378. The van der Waals surface area contributed by atoms with E-state index >= 15 is 0 Å². The van der Waals surface area contributed by atoms with Crippen LogP contribution in [0.2, 0.25) is 0 Å². The third-order valence-corrected chi connectivity index (χ3v) is 9.39. The normalized spacial score (nSPS) is 17.0. The number of rotatable bonds is 16. The molecule has 0 amide bonds. The van der Waals surface area contributed by atoms with Gasteiger partial charge in [0.05, 0.1) is 13.2 Å². The summed E-state index contributed by atoms with van der Waals surface area (Å²) >= 11 is 0. The Morgan fingerprint density at radius 1 is 0.560 bits per heavy atom. The number of hydrogen-bond donors (Lipinski definition) is 0. The lowest BCUT2D eigenvalue weighted by atomic mass is 10.9. The standard InChI is InChI=1S/C15H34O8P2/c1-7-18-14(19-8-2)24(16,22-11-5)13-25(17,23-12-6)15(20-9-3)21-10-4/h14-15H,7-13H2,1-6H3/t24-,25+. The zero-order chi connectivity index (χ0) is 19.3. The van der Waals surface area contributed by atoms with Gasteiger partial charge in [0.25, 0.3) is 14.7 Å². The first-order chi connectivity index (χ1) is 11.9. The molecule has 0 rings (SSSR count). The van der Waals surface area contributed by atoms with Gasteiger partial charge in [-0.05, 0) is 41.5 Å². The van der Waals surface area contributed by atoms with E-state index in [9.17, 15) is 9.13 Å². The van der Waals surface area contributed by atoms with E-state index in [1.807, 2.05) is 0 Å². The maximum absolute atomic E-state index is 13.5. The fourth-order valence-corrected chi connectivity index (χ4v) is 8.71. The smallest absolute Gasteiger partial charge is 0.267 e. The highest BCUT2D eigenvalue weighted by Gasteiger charge is 2.48. The van der Waals surface area contributed by atoms with Crippen molar-refractivity contribution in [2.45, 2.75) is 53.6 Å². The minimum Gasteiger partial charge on any atom is -0.345 e. The van der Waals surface area contributed by atoms with Crippen molar-refractivity contribution in [3.63, 3.8) is 0 Å². The van der Waals surface area contributed by atoms with Gasteiger partial charge in [0.2, 0.25) is 12.1 Å². The first kappa shape index (κ1) is 25.2. The van der Waals surface area contributed by atoms with Crippen molar-refractivity contribution < 1.29 is 37.1 Å². The minimum atomic E-state index is -3.61. The third-order valence-electron chi connectivity index (χ3n) is 2.97. The highest BCUT2D eigenvalue weighted by molar-refractivity contribution is 7.76. The second-order valence-electron chi connectivity index (χ2n) is 4.86. The molecule has 0 aliphatic rings. The van der Waals surface area contributed by atoms with Crippen LogP contribution in [-0.4, -0.2) is 57.6 Å². The van der Waals surface area contributed by atoms with Gasteiger partial charge in [-0.1, -0.05) is 0 Å². The molecule has 0 heterocycles. The highest BCUT2D eigenvalue weighted by Crippen LogP contribution is 2.67. The summed E-state index contributed by atoms with van der Waals surface area (Å²) in [6.07, 6.45) is 0. The van der Waals surface area contributed by atoms with E-state index in [1.54, 1.807) is 41.5 Å². The average Bonchev–Trinajstić information content (AvgIpc) is 2.54. The molecule has 0 saturated carbocycles. The lowest BCUT2D eigenvalue weighted by molar-refractivity contribution is -0.0914. The van der Waals surface area contributed by atoms with E-state index in [2.05, 4.69) is 0 Å². The van der Waals surface area contributed by atoms with Crippen LogP contribution in [0.15, 0.2) is 0 Å². The van der Waals surface area contributed by atoms with Crippen molar-refractivity contribution in [2.75, 3.05) is 45.5 Å². The Kier molecular flexibility index (Phi) is 13.5. The summed E-state index contributed by atoms with van der Waals surface area (Å²) in [5, 5.41) is 0. The van der Waals surface area contributed by atoms with Crippen molar-refractivity contribution in [2.24, 2.45) is 0 Å². The van der Waals surface area contributed by atoms with Crippen LogP contribution in [-0.2, 0) is 37.1 Å². The summed E-state index contributed by atoms with van der Waals surface area (Å²) in [4.78, 5) is 0. The van der Waals surface area contributed by atoms with Crippen LogP contribution in [0.4, 0.5) is 0 Å². The molecule has 0 aliphatic heterocycles. The maximum Gasteiger partial charge on any atom is 0.267 e. The summed E-state index contributed by atoms with van der Waals surface area (Å²) in [5.41, 5.74) is 0. The second kappa shape index (κ2) is 13.4. The molecule has 0 N–H and O–H groups in total. The van der Waals surface area contributed by atoms with Gasteiger partial charge in [-0.3, -0.25) is 9.13 Å². The molecule has 0 bridgehead atoms. The number of hydrogen-bond acceptors (Lipinski definition) is 8. The summed E-state index contributed by atoms with van der Waals surface area (Å²) in [7, 11) is -7.22. The van der Waals surface area contributed by atoms with Gasteiger partial charge < -0.3 is 28.0 Å². The molecule has 0 saturated heterocycles. The number of ether oxygens (including phenoxy) is 4.